The van der Waals surface area contributed by atoms with Gasteiger partial charge in [0.2, 0.25) is 11.5 Å². The third kappa shape index (κ3) is 2.83. The Morgan fingerprint density at radius 3 is 2.79 bits per heavy atom. The first kappa shape index (κ1) is 15.7. The number of halogens is 1. The molecule has 7 heteroatoms. The van der Waals surface area contributed by atoms with Crippen LogP contribution in [0.15, 0.2) is 48.7 Å². The molecule has 1 aromatic heterocycles. The van der Waals surface area contributed by atoms with Crippen molar-refractivity contribution in [3.8, 4) is 5.75 Å². The van der Waals surface area contributed by atoms with E-state index in [1.165, 1.54) is 6.92 Å². The van der Waals surface area contributed by atoms with Crippen LogP contribution in [-0.4, -0.2) is 21.8 Å². The van der Waals surface area contributed by atoms with Gasteiger partial charge in [0.15, 0.2) is 6.10 Å². The van der Waals surface area contributed by atoms with Gasteiger partial charge in [-0.25, -0.2) is 4.39 Å². The van der Waals surface area contributed by atoms with Gasteiger partial charge < -0.3 is 9.72 Å². The first-order chi connectivity index (χ1) is 11.5. The van der Waals surface area contributed by atoms with Gasteiger partial charge in [0.1, 0.15) is 5.82 Å². The predicted octanol–water partition coefficient (Wildman–Crippen LogP) is 3.87. The number of nitro benzene ring substituents is 1. The van der Waals surface area contributed by atoms with E-state index in [1.54, 1.807) is 18.3 Å². The van der Waals surface area contributed by atoms with Gasteiger partial charge >= 0.3 is 5.69 Å². The van der Waals surface area contributed by atoms with Gasteiger partial charge in [0.25, 0.3) is 0 Å². The van der Waals surface area contributed by atoms with Crippen molar-refractivity contribution in [2.24, 2.45) is 0 Å². The molecule has 0 saturated heterocycles. The highest BCUT2D eigenvalue weighted by molar-refractivity contribution is 6.09. The number of hydrogen-bond acceptors (Lipinski definition) is 4. The van der Waals surface area contributed by atoms with Crippen LogP contribution >= 0.6 is 0 Å². The first-order valence-electron chi connectivity index (χ1n) is 7.18. The number of aromatic amines is 1. The van der Waals surface area contributed by atoms with Crippen LogP contribution in [0.1, 0.15) is 17.3 Å². The number of carbonyl (C=O) groups is 1. The van der Waals surface area contributed by atoms with Gasteiger partial charge in [0, 0.05) is 34.8 Å². The maximum absolute atomic E-state index is 13.4. The lowest BCUT2D eigenvalue weighted by molar-refractivity contribution is -0.386. The molecule has 0 radical (unpaired) electrons. The van der Waals surface area contributed by atoms with Gasteiger partial charge in [-0.2, -0.15) is 0 Å². The number of nitrogens with zero attached hydrogens (tertiary/aromatic N) is 1. The molecule has 1 atom stereocenters. The Hall–Kier alpha value is -3.22. The molecule has 3 rings (SSSR count). The summed E-state index contributed by atoms with van der Waals surface area (Å²) in [6.45, 7) is 1.47. The Balaban J connectivity index is 1.90. The van der Waals surface area contributed by atoms with Crippen LogP contribution < -0.4 is 4.74 Å². The van der Waals surface area contributed by atoms with E-state index in [0.717, 1.165) is 29.1 Å². The summed E-state index contributed by atoms with van der Waals surface area (Å²) in [5.41, 5.74) is 0.817. The predicted molar refractivity (Wildman–Crippen MR) is 85.8 cm³/mol. The topological polar surface area (TPSA) is 85.2 Å². The first-order valence-corrected chi connectivity index (χ1v) is 7.18. The van der Waals surface area contributed by atoms with E-state index in [-0.39, 0.29) is 11.5 Å². The average molecular weight is 328 g/mol. The fourth-order valence-electron chi connectivity index (χ4n) is 2.47. The highest BCUT2D eigenvalue weighted by atomic mass is 19.1. The molecule has 122 valence electrons. The summed E-state index contributed by atoms with van der Waals surface area (Å²) in [5, 5.41) is 11.7. The zero-order valence-corrected chi connectivity index (χ0v) is 12.7. The minimum absolute atomic E-state index is 0.277. The summed E-state index contributed by atoms with van der Waals surface area (Å²) >= 11 is 0. The zero-order chi connectivity index (χ0) is 17.3. The van der Waals surface area contributed by atoms with E-state index >= 15 is 0 Å². The average Bonchev–Trinajstić information content (AvgIpc) is 2.97. The van der Waals surface area contributed by atoms with E-state index in [1.807, 2.05) is 12.1 Å². The van der Waals surface area contributed by atoms with Crippen LogP contribution in [-0.2, 0) is 0 Å². The lowest BCUT2D eigenvalue weighted by Crippen LogP contribution is -2.24. The van der Waals surface area contributed by atoms with Crippen LogP contribution in [0.3, 0.4) is 0 Å². The number of fused-ring (bicyclic) bond motifs is 1. The molecule has 0 unspecified atom stereocenters. The van der Waals surface area contributed by atoms with E-state index < -0.39 is 22.5 Å². The number of Topliss-reactive ketones (excluding diaryl/α,β-unsaturated/α-hetero) is 1. The minimum atomic E-state index is -1.01. The second-order valence-electron chi connectivity index (χ2n) is 5.24. The number of nitro groups is 1. The van der Waals surface area contributed by atoms with Gasteiger partial charge in [0.05, 0.1) is 4.92 Å². The van der Waals surface area contributed by atoms with Crippen molar-refractivity contribution in [1.29, 1.82) is 0 Å². The van der Waals surface area contributed by atoms with Crippen molar-refractivity contribution in [3.63, 3.8) is 0 Å². The number of para-hydroxylation sites is 1. The van der Waals surface area contributed by atoms with E-state index in [4.69, 9.17) is 4.74 Å². The molecule has 1 N–H and O–H groups in total. The monoisotopic (exact) mass is 328 g/mol. The molecular weight excluding hydrogens is 315 g/mol. The smallest absolute Gasteiger partial charge is 0.311 e. The number of carbonyl (C=O) groups excluding carboxylic acids is 1. The number of hydrogen-bond donors (Lipinski definition) is 1. The summed E-state index contributed by atoms with van der Waals surface area (Å²) in [7, 11) is 0. The van der Waals surface area contributed by atoms with Gasteiger partial charge in [-0.3, -0.25) is 14.9 Å². The summed E-state index contributed by atoms with van der Waals surface area (Å²) in [6, 6.07) is 10.1. The standard InChI is InChI=1S/C17H13FN2O4/c1-10(24-16-8-11(18)6-7-15(16)20(22)23)17(21)13-9-19-14-5-3-2-4-12(13)14/h2-10,19H,1H3/t10-/m0/s1. The highest BCUT2D eigenvalue weighted by Crippen LogP contribution is 2.29. The fourth-order valence-corrected chi connectivity index (χ4v) is 2.47. The highest BCUT2D eigenvalue weighted by Gasteiger charge is 2.24. The van der Waals surface area contributed by atoms with E-state index in [2.05, 4.69) is 4.98 Å². The number of H-pyrrole nitrogens is 1. The molecule has 0 amide bonds. The van der Waals surface area contributed by atoms with E-state index in [0.29, 0.717) is 5.56 Å². The lowest BCUT2D eigenvalue weighted by Gasteiger charge is -2.13. The summed E-state index contributed by atoms with van der Waals surface area (Å²) in [4.78, 5) is 25.9. The number of ketones is 1. The SMILES string of the molecule is C[C@H](Oc1cc(F)ccc1[N+](=O)[O-])C(=O)c1c[nH]c2ccccc12. The third-order valence-corrected chi connectivity index (χ3v) is 3.65. The number of ether oxygens (including phenoxy) is 1. The number of aromatic nitrogens is 1. The van der Waals surface area contributed by atoms with Crippen LogP contribution in [0.4, 0.5) is 10.1 Å². The number of nitrogens with one attached hydrogen (secondary N) is 1. The molecule has 0 bridgehead atoms. The molecule has 0 aliphatic carbocycles. The Morgan fingerprint density at radius 2 is 2.04 bits per heavy atom. The third-order valence-electron chi connectivity index (χ3n) is 3.65. The molecule has 6 nitrogen and oxygen atoms in total. The zero-order valence-electron chi connectivity index (χ0n) is 12.7. The lowest BCUT2D eigenvalue weighted by atomic mass is 10.1. The summed E-state index contributed by atoms with van der Waals surface area (Å²) < 4.78 is 18.7. The van der Waals surface area contributed by atoms with Crippen LogP contribution in [0, 0.1) is 15.9 Å². The van der Waals surface area contributed by atoms with Crippen molar-refractivity contribution in [2.45, 2.75) is 13.0 Å². The normalized spacial score (nSPS) is 12.1. The molecule has 1 heterocycles. The molecule has 2 aromatic carbocycles. The molecule has 0 saturated carbocycles. The van der Waals surface area contributed by atoms with Crippen LogP contribution in [0.5, 0.6) is 5.75 Å². The summed E-state index contributed by atoms with van der Waals surface area (Å²) in [5.74, 6) is -1.31. The van der Waals surface area contributed by atoms with Crippen LogP contribution in [0.25, 0.3) is 10.9 Å². The van der Waals surface area contributed by atoms with Gasteiger partial charge in [-0.15, -0.1) is 0 Å². The van der Waals surface area contributed by atoms with Gasteiger partial charge in [-0.05, 0) is 19.1 Å². The van der Waals surface area contributed by atoms with Gasteiger partial charge in [-0.1, -0.05) is 18.2 Å². The van der Waals surface area contributed by atoms with Crippen LogP contribution in [0.2, 0.25) is 0 Å². The molecule has 24 heavy (non-hydrogen) atoms. The molecule has 0 aliphatic heterocycles. The largest absolute Gasteiger partial charge is 0.475 e. The number of rotatable bonds is 5. The Kier molecular flexibility index (Phi) is 3.99. The van der Waals surface area contributed by atoms with E-state index in [9.17, 15) is 19.3 Å². The van der Waals surface area contributed by atoms with Crippen molar-refractivity contribution in [1.82, 2.24) is 4.98 Å². The maximum atomic E-state index is 13.4. The minimum Gasteiger partial charge on any atom is -0.475 e. The molecule has 0 aliphatic rings. The summed E-state index contributed by atoms with van der Waals surface area (Å²) in [6.07, 6.45) is 0.553. The molecular formula is C17H13FN2O4. The maximum Gasteiger partial charge on any atom is 0.311 e. The van der Waals surface area contributed by atoms with Crippen molar-refractivity contribution >= 4 is 22.4 Å². The van der Waals surface area contributed by atoms with Crippen molar-refractivity contribution in [3.05, 3.63) is 70.2 Å². The molecule has 0 spiro atoms. The fraction of sp³-hybridized carbons (Fsp3) is 0.118. The number of benzene rings is 2. The second kappa shape index (κ2) is 6.11. The Morgan fingerprint density at radius 1 is 1.29 bits per heavy atom. The Bertz CT molecular complexity index is 935. The Labute approximate surface area is 136 Å². The van der Waals surface area contributed by atoms with Crippen molar-refractivity contribution < 1.29 is 18.8 Å². The quantitative estimate of drug-likeness (QED) is 0.438. The molecule has 0 fully saturated rings. The molecule has 3 aromatic rings. The second-order valence-corrected chi connectivity index (χ2v) is 5.24. The van der Waals surface area contributed by atoms with Crippen molar-refractivity contribution in [2.75, 3.05) is 0 Å².